The van der Waals surface area contributed by atoms with Crippen LogP contribution in [0.2, 0.25) is 0 Å². The Bertz CT molecular complexity index is 836. The molecule has 1 aliphatic heterocycles. The lowest BCUT2D eigenvalue weighted by Crippen LogP contribution is -2.29. The van der Waals surface area contributed by atoms with Gasteiger partial charge in [0.05, 0.1) is 10.9 Å². The molecule has 1 saturated heterocycles. The van der Waals surface area contributed by atoms with Crippen LogP contribution in [-0.2, 0) is 0 Å². The summed E-state index contributed by atoms with van der Waals surface area (Å²) in [6.07, 6.45) is 7.63. The Hall–Kier alpha value is -2.47. The zero-order valence-corrected chi connectivity index (χ0v) is 14.7. The van der Waals surface area contributed by atoms with Gasteiger partial charge >= 0.3 is 0 Å². The maximum Gasteiger partial charge on any atom is 0.238 e. The Morgan fingerprint density at radius 2 is 2.08 bits per heavy atom. The van der Waals surface area contributed by atoms with Crippen LogP contribution in [0.5, 0.6) is 5.88 Å². The van der Waals surface area contributed by atoms with Crippen LogP contribution in [0.4, 0.5) is 0 Å². The van der Waals surface area contributed by atoms with E-state index in [2.05, 4.69) is 33.7 Å². The highest BCUT2D eigenvalue weighted by Gasteiger charge is 2.31. The molecule has 2 aromatic heterocycles. The average molecular weight is 337 g/mol. The predicted molar refractivity (Wildman–Crippen MR) is 97.0 cm³/mol. The zero-order valence-electron chi connectivity index (χ0n) is 14.7. The second-order valence-corrected chi connectivity index (χ2v) is 6.44. The summed E-state index contributed by atoms with van der Waals surface area (Å²) in [5.74, 6) is 1.25. The first-order valence-corrected chi connectivity index (χ1v) is 8.94. The van der Waals surface area contributed by atoms with Crippen molar-refractivity contribution in [2.75, 3.05) is 13.1 Å². The van der Waals surface area contributed by atoms with Crippen molar-refractivity contribution >= 4 is 10.9 Å². The lowest BCUT2D eigenvalue weighted by molar-refractivity contribution is 0.195. The molecule has 1 aromatic carbocycles. The molecule has 1 aliphatic rings. The normalized spacial score (nSPS) is 21.0. The first-order chi connectivity index (χ1) is 12.3. The molecular weight excluding hydrogens is 314 g/mol. The van der Waals surface area contributed by atoms with Crippen molar-refractivity contribution in [2.45, 2.75) is 38.8 Å². The molecular formula is C19H23N5O. The van der Waals surface area contributed by atoms with Crippen molar-refractivity contribution in [3.05, 3.63) is 43.0 Å². The molecule has 1 fully saturated rings. The van der Waals surface area contributed by atoms with Gasteiger partial charge in [-0.3, -0.25) is 9.47 Å². The van der Waals surface area contributed by atoms with Gasteiger partial charge in [0, 0.05) is 31.4 Å². The summed E-state index contributed by atoms with van der Waals surface area (Å²) >= 11 is 0. The van der Waals surface area contributed by atoms with Crippen LogP contribution >= 0.6 is 0 Å². The van der Waals surface area contributed by atoms with E-state index in [1.807, 2.05) is 30.5 Å². The topological polar surface area (TPSA) is 56.1 Å². The molecule has 6 heteroatoms. The molecule has 4 rings (SSSR count). The van der Waals surface area contributed by atoms with E-state index >= 15 is 0 Å². The summed E-state index contributed by atoms with van der Waals surface area (Å²) < 4.78 is 8.17. The summed E-state index contributed by atoms with van der Waals surface area (Å²) in [5.41, 5.74) is 0.883. The van der Waals surface area contributed by atoms with Gasteiger partial charge in [-0.1, -0.05) is 26.0 Å². The van der Waals surface area contributed by atoms with E-state index in [-0.39, 0.29) is 6.10 Å². The molecule has 130 valence electrons. The van der Waals surface area contributed by atoms with Gasteiger partial charge in [-0.15, -0.1) is 0 Å². The van der Waals surface area contributed by atoms with Gasteiger partial charge in [-0.2, -0.15) is 4.98 Å². The van der Waals surface area contributed by atoms with Gasteiger partial charge in [0.2, 0.25) is 11.8 Å². The second-order valence-electron chi connectivity index (χ2n) is 6.44. The number of hydrogen-bond acceptors (Lipinski definition) is 5. The van der Waals surface area contributed by atoms with E-state index in [9.17, 15) is 0 Å². The summed E-state index contributed by atoms with van der Waals surface area (Å²) in [6.45, 7) is 6.46. The van der Waals surface area contributed by atoms with Gasteiger partial charge in [0.15, 0.2) is 0 Å². The highest BCUT2D eigenvalue weighted by Crippen LogP contribution is 2.28. The SMILES string of the molecule is CCC1CC(Oc2nc(-n3ccnc3)nc3ccccc23)CN1CC. The van der Waals surface area contributed by atoms with Crippen LogP contribution in [-0.4, -0.2) is 49.7 Å². The first-order valence-electron chi connectivity index (χ1n) is 8.94. The third-order valence-corrected chi connectivity index (χ3v) is 4.94. The highest BCUT2D eigenvalue weighted by molar-refractivity contribution is 5.83. The zero-order chi connectivity index (χ0) is 17.2. The van der Waals surface area contributed by atoms with Gasteiger partial charge in [0.1, 0.15) is 12.4 Å². The van der Waals surface area contributed by atoms with Crippen molar-refractivity contribution < 1.29 is 4.74 Å². The molecule has 3 aromatic rings. The first kappa shape index (κ1) is 16.0. The molecule has 0 radical (unpaired) electrons. The number of likely N-dealkylation sites (tertiary alicyclic amines) is 1. The maximum absolute atomic E-state index is 6.36. The Labute approximate surface area is 147 Å². The molecule has 6 nitrogen and oxygen atoms in total. The van der Waals surface area contributed by atoms with Crippen molar-refractivity contribution in [3.63, 3.8) is 0 Å². The smallest absolute Gasteiger partial charge is 0.238 e. The van der Waals surface area contributed by atoms with Gasteiger partial charge < -0.3 is 4.74 Å². The molecule has 2 unspecified atom stereocenters. The fourth-order valence-electron chi connectivity index (χ4n) is 3.61. The van der Waals surface area contributed by atoms with Crippen LogP contribution < -0.4 is 4.74 Å². The lowest BCUT2D eigenvalue weighted by atomic mass is 10.1. The van der Waals surface area contributed by atoms with Crippen molar-refractivity contribution in [3.8, 4) is 11.8 Å². The summed E-state index contributed by atoms with van der Waals surface area (Å²) in [7, 11) is 0. The standard InChI is InChI=1S/C19H23N5O/c1-3-14-11-15(12-23(14)4-2)25-18-16-7-5-6-8-17(16)21-19(22-18)24-10-9-20-13-24/h5-10,13-15H,3-4,11-12H2,1-2H3. The summed E-state index contributed by atoms with van der Waals surface area (Å²) in [5, 5.41) is 0.953. The number of likely N-dealkylation sites (N-methyl/N-ethyl adjacent to an activating group) is 1. The number of para-hydroxylation sites is 1. The van der Waals surface area contributed by atoms with Crippen molar-refractivity contribution in [1.82, 2.24) is 24.4 Å². The Morgan fingerprint density at radius 1 is 1.20 bits per heavy atom. The van der Waals surface area contributed by atoms with Crippen LogP contribution in [0.3, 0.4) is 0 Å². The minimum absolute atomic E-state index is 0.166. The van der Waals surface area contributed by atoms with Crippen LogP contribution in [0.15, 0.2) is 43.0 Å². The van der Waals surface area contributed by atoms with E-state index in [1.165, 1.54) is 0 Å². The van der Waals surface area contributed by atoms with Crippen LogP contribution in [0, 0.1) is 0 Å². The Balaban J connectivity index is 1.69. The molecule has 2 atom stereocenters. The minimum atomic E-state index is 0.166. The number of imidazole rings is 1. The van der Waals surface area contributed by atoms with E-state index in [4.69, 9.17) is 4.74 Å². The summed E-state index contributed by atoms with van der Waals surface area (Å²) in [6, 6.07) is 8.59. The number of ether oxygens (including phenoxy) is 1. The highest BCUT2D eigenvalue weighted by atomic mass is 16.5. The number of nitrogens with zero attached hydrogens (tertiary/aromatic N) is 5. The maximum atomic E-state index is 6.36. The fourth-order valence-corrected chi connectivity index (χ4v) is 3.61. The fraction of sp³-hybridized carbons (Fsp3) is 0.421. The van der Waals surface area contributed by atoms with E-state index < -0.39 is 0 Å². The largest absolute Gasteiger partial charge is 0.472 e. The van der Waals surface area contributed by atoms with E-state index in [0.29, 0.717) is 17.9 Å². The lowest BCUT2D eigenvalue weighted by Gasteiger charge is -2.20. The second kappa shape index (κ2) is 6.80. The molecule has 0 saturated carbocycles. The Kier molecular flexibility index (Phi) is 4.36. The molecule has 0 bridgehead atoms. The van der Waals surface area contributed by atoms with Gasteiger partial charge in [-0.05, 0) is 25.1 Å². The quantitative estimate of drug-likeness (QED) is 0.716. The molecule has 3 heterocycles. The number of fused-ring (bicyclic) bond motifs is 1. The van der Waals surface area contributed by atoms with Crippen molar-refractivity contribution in [1.29, 1.82) is 0 Å². The third-order valence-electron chi connectivity index (χ3n) is 4.94. The number of aromatic nitrogens is 4. The van der Waals surface area contributed by atoms with E-state index in [0.717, 1.165) is 36.8 Å². The molecule has 0 spiro atoms. The number of benzene rings is 1. The minimum Gasteiger partial charge on any atom is -0.472 e. The van der Waals surface area contributed by atoms with Gasteiger partial charge in [-0.25, -0.2) is 9.97 Å². The molecule has 25 heavy (non-hydrogen) atoms. The predicted octanol–water partition coefficient (Wildman–Crippen LogP) is 3.07. The molecule has 0 amide bonds. The molecule has 0 N–H and O–H groups in total. The number of rotatable bonds is 5. The van der Waals surface area contributed by atoms with Gasteiger partial charge in [0.25, 0.3) is 0 Å². The van der Waals surface area contributed by atoms with Crippen molar-refractivity contribution in [2.24, 2.45) is 0 Å². The van der Waals surface area contributed by atoms with E-state index in [1.54, 1.807) is 17.1 Å². The van der Waals surface area contributed by atoms with Crippen LogP contribution in [0.1, 0.15) is 26.7 Å². The third kappa shape index (κ3) is 3.09. The van der Waals surface area contributed by atoms with Crippen LogP contribution in [0.25, 0.3) is 16.9 Å². The Morgan fingerprint density at radius 3 is 2.80 bits per heavy atom. The summed E-state index contributed by atoms with van der Waals surface area (Å²) in [4.78, 5) is 15.9. The average Bonchev–Trinajstić information content (AvgIpc) is 3.31. The molecule has 0 aliphatic carbocycles. The monoisotopic (exact) mass is 337 g/mol. The number of hydrogen-bond donors (Lipinski definition) is 0.